The predicted molar refractivity (Wildman–Crippen MR) is 78.1 cm³/mol. The summed E-state index contributed by atoms with van der Waals surface area (Å²) in [5.74, 6) is 0. The molecular weight excluding hydrogens is 292 g/mol. The average molecular weight is 312 g/mol. The number of aromatic amines is 1. The first-order valence-electron chi connectivity index (χ1n) is 6.70. The number of aryl methyl sites for hydroxylation is 2. The van der Waals surface area contributed by atoms with Gasteiger partial charge in [-0.3, -0.25) is 9.78 Å². The molecular formula is C12H20N6O2S. The molecule has 116 valence electrons. The van der Waals surface area contributed by atoms with Crippen LogP contribution in [0.1, 0.15) is 17.7 Å². The Balaban J connectivity index is 1.95. The first-order valence-corrected chi connectivity index (χ1v) is 8.18. The van der Waals surface area contributed by atoms with Gasteiger partial charge in [-0.2, -0.15) is 10.2 Å². The zero-order valence-corrected chi connectivity index (χ0v) is 12.9. The van der Waals surface area contributed by atoms with Gasteiger partial charge in [-0.25, -0.2) is 13.1 Å². The van der Waals surface area contributed by atoms with E-state index in [4.69, 9.17) is 0 Å². The number of rotatable bonds is 8. The maximum absolute atomic E-state index is 12.3. The van der Waals surface area contributed by atoms with E-state index in [-0.39, 0.29) is 5.03 Å². The molecule has 0 aromatic carbocycles. The Morgan fingerprint density at radius 3 is 2.90 bits per heavy atom. The number of nitrogens with one attached hydrogen (secondary N) is 3. The van der Waals surface area contributed by atoms with Gasteiger partial charge in [-0.1, -0.05) is 0 Å². The van der Waals surface area contributed by atoms with Crippen LogP contribution in [-0.4, -0.2) is 42.0 Å². The Hall–Kier alpha value is -1.71. The first-order chi connectivity index (χ1) is 10.0. The van der Waals surface area contributed by atoms with E-state index >= 15 is 0 Å². The van der Waals surface area contributed by atoms with Gasteiger partial charge in [-0.05, 0) is 26.5 Å². The van der Waals surface area contributed by atoms with Crippen molar-refractivity contribution in [2.24, 2.45) is 0 Å². The molecule has 9 heteroatoms. The molecule has 2 aromatic heterocycles. The highest BCUT2D eigenvalue weighted by Crippen LogP contribution is 2.15. The minimum atomic E-state index is -3.60. The molecule has 8 nitrogen and oxygen atoms in total. The molecule has 2 heterocycles. The van der Waals surface area contributed by atoms with Crippen LogP contribution >= 0.6 is 0 Å². The van der Waals surface area contributed by atoms with Gasteiger partial charge in [0.25, 0.3) is 10.0 Å². The second kappa shape index (κ2) is 6.83. The van der Waals surface area contributed by atoms with E-state index in [9.17, 15) is 8.42 Å². The van der Waals surface area contributed by atoms with Gasteiger partial charge in [0.2, 0.25) is 0 Å². The zero-order chi connectivity index (χ0) is 15.3. The van der Waals surface area contributed by atoms with E-state index in [0.717, 1.165) is 5.69 Å². The summed E-state index contributed by atoms with van der Waals surface area (Å²) in [6.45, 7) is 3.26. The number of aromatic nitrogens is 4. The Kier molecular flexibility index (Phi) is 5.10. The van der Waals surface area contributed by atoms with Crippen LogP contribution < -0.4 is 10.0 Å². The highest BCUT2D eigenvalue weighted by Gasteiger charge is 2.22. The lowest BCUT2D eigenvalue weighted by atomic mass is 10.3. The van der Waals surface area contributed by atoms with E-state index in [0.29, 0.717) is 31.6 Å². The summed E-state index contributed by atoms with van der Waals surface area (Å²) >= 11 is 0. The SMILES string of the molecule is CNCc1c(S(=O)(=O)NCCCn2cccn2)n[nH]c1C. The third-order valence-electron chi connectivity index (χ3n) is 3.06. The van der Waals surface area contributed by atoms with Crippen molar-refractivity contribution in [2.75, 3.05) is 13.6 Å². The van der Waals surface area contributed by atoms with Gasteiger partial charge in [-0.15, -0.1) is 0 Å². The van der Waals surface area contributed by atoms with Gasteiger partial charge in [0.1, 0.15) is 0 Å². The van der Waals surface area contributed by atoms with Gasteiger partial charge in [0.15, 0.2) is 5.03 Å². The molecule has 0 atom stereocenters. The molecule has 3 N–H and O–H groups in total. The lowest BCUT2D eigenvalue weighted by Crippen LogP contribution is -2.27. The Morgan fingerprint density at radius 1 is 1.43 bits per heavy atom. The van der Waals surface area contributed by atoms with Gasteiger partial charge in [0, 0.05) is 43.3 Å². The molecule has 0 spiro atoms. The highest BCUT2D eigenvalue weighted by molar-refractivity contribution is 7.89. The van der Waals surface area contributed by atoms with Crippen LogP contribution in [0.4, 0.5) is 0 Å². The predicted octanol–water partition coefficient (Wildman–Crippen LogP) is 0.00262. The third kappa shape index (κ3) is 3.90. The van der Waals surface area contributed by atoms with Crippen LogP contribution in [0.15, 0.2) is 23.5 Å². The van der Waals surface area contributed by atoms with Crippen LogP contribution in [0.5, 0.6) is 0 Å². The van der Waals surface area contributed by atoms with Gasteiger partial charge < -0.3 is 5.32 Å². The summed E-state index contributed by atoms with van der Waals surface area (Å²) in [6.07, 6.45) is 4.20. The molecule has 21 heavy (non-hydrogen) atoms. The molecule has 2 rings (SSSR count). The topological polar surface area (TPSA) is 105 Å². The maximum Gasteiger partial charge on any atom is 0.260 e. The van der Waals surface area contributed by atoms with Crippen LogP contribution in [0.2, 0.25) is 0 Å². The number of H-pyrrole nitrogens is 1. The summed E-state index contributed by atoms with van der Waals surface area (Å²) in [6, 6.07) is 1.83. The van der Waals surface area contributed by atoms with Crippen molar-refractivity contribution in [3.63, 3.8) is 0 Å². The van der Waals surface area contributed by atoms with Crippen molar-refractivity contribution in [2.45, 2.75) is 31.5 Å². The molecule has 0 aliphatic rings. The van der Waals surface area contributed by atoms with Gasteiger partial charge >= 0.3 is 0 Å². The van der Waals surface area contributed by atoms with Crippen molar-refractivity contribution in [1.82, 2.24) is 30.0 Å². The van der Waals surface area contributed by atoms with E-state index in [1.807, 2.05) is 12.3 Å². The molecule has 0 fully saturated rings. The van der Waals surface area contributed by atoms with Crippen LogP contribution in [0, 0.1) is 6.92 Å². The largest absolute Gasteiger partial charge is 0.316 e. The van der Waals surface area contributed by atoms with E-state index < -0.39 is 10.0 Å². The minimum Gasteiger partial charge on any atom is -0.316 e. The normalized spacial score (nSPS) is 11.9. The lowest BCUT2D eigenvalue weighted by molar-refractivity contribution is 0.549. The van der Waals surface area contributed by atoms with E-state index in [1.54, 1.807) is 24.9 Å². The number of hydrogen-bond donors (Lipinski definition) is 3. The lowest BCUT2D eigenvalue weighted by Gasteiger charge is -2.07. The molecule has 0 amide bonds. The molecule has 0 saturated heterocycles. The molecule has 0 saturated carbocycles. The van der Waals surface area contributed by atoms with Crippen LogP contribution in [-0.2, 0) is 23.1 Å². The summed E-state index contributed by atoms with van der Waals surface area (Å²) in [5.41, 5.74) is 1.42. The van der Waals surface area contributed by atoms with Gasteiger partial charge in [0.05, 0.1) is 0 Å². The second-order valence-electron chi connectivity index (χ2n) is 4.68. The fourth-order valence-electron chi connectivity index (χ4n) is 1.99. The molecule has 0 radical (unpaired) electrons. The van der Waals surface area contributed by atoms with Crippen molar-refractivity contribution in [3.8, 4) is 0 Å². The van der Waals surface area contributed by atoms with Crippen molar-refractivity contribution in [3.05, 3.63) is 29.7 Å². The summed E-state index contributed by atoms with van der Waals surface area (Å²) in [4.78, 5) is 0. The molecule has 0 unspecified atom stereocenters. The van der Waals surface area contributed by atoms with Crippen LogP contribution in [0.3, 0.4) is 0 Å². The van der Waals surface area contributed by atoms with Crippen molar-refractivity contribution >= 4 is 10.0 Å². The molecule has 0 aliphatic heterocycles. The number of nitrogens with zero attached hydrogens (tertiary/aromatic N) is 3. The van der Waals surface area contributed by atoms with E-state index in [2.05, 4.69) is 25.3 Å². The zero-order valence-electron chi connectivity index (χ0n) is 12.1. The Morgan fingerprint density at radius 2 is 2.24 bits per heavy atom. The quantitative estimate of drug-likeness (QED) is 0.595. The minimum absolute atomic E-state index is 0.0634. The van der Waals surface area contributed by atoms with Crippen LogP contribution in [0.25, 0.3) is 0 Å². The molecule has 0 aliphatic carbocycles. The summed E-state index contributed by atoms with van der Waals surface area (Å²) in [7, 11) is -1.83. The average Bonchev–Trinajstić information content (AvgIpc) is 3.07. The summed E-state index contributed by atoms with van der Waals surface area (Å²) in [5, 5.41) is 13.7. The monoisotopic (exact) mass is 312 g/mol. The highest BCUT2D eigenvalue weighted by atomic mass is 32.2. The van der Waals surface area contributed by atoms with E-state index in [1.165, 1.54) is 0 Å². The molecule has 2 aromatic rings. The molecule has 0 bridgehead atoms. The summed E-state index contributed by atoms with van der Waals surface area (Å²) < 4.78 is 28.9. The second-order valence-corrected chi connectivity index (χ2v) is 6.37. The van der Waals surface area contributed by atoms with Crippen molar-refractivity contribution in [1.29, 1.82) is 0 Å². The maximum atomic E-state index is 12.3. The Labute approximate surface area is 124 Å². The first kappa shape index (κ1) is 15.7. The van der Waals surface area contributed by atoms with Crippen molar-refractivity contribution < 1.29 is 8.42 Å². The fourth-order valence-corrected chi connectivity index (χ4v) is 3.25. The smallest absolute Gasteiger partial charge is 0.260 e. The fraction of sp³-hybridized carbons (Fsp3) is 0.500. The number of hydrogen-bond acceptors (Lipinski definition) is 5. The number of sulfonamides is 1. The Bertz CT molecular complexity index is 662. The third-order valence-corrected chi connectivity index (χ3v) is 4.49. The standard InChI is InChI=1S/C12H20N6O2S/c1-10-11(9-13-2)12(17-16-10)21(19,20)15-6-4-8-18-7-3-5-14-18/h3,5,7,13,15H,4,6,8-9H2,1-2H3,(H,16,17).